The molecular weight excluding hydrogens is 247 g/mol. The number of hydrogen-bond donors (Lipinski definition) is 2. The predicted molar refractivity (Wildman–Crippen MR) is 72.0 cm³/mol. The zero-order chi connectivity index (χ0) is 14.2. The summed E-state index contributed by atoms with van der Waals surface area (Å²) in [5.41, 5.74) is 4.90. The van der Waals surface area contributed by atoms with Crippen LogP contribution in [-0.4, -0.2) is 27.2 Å². The number of amides is 1. The van der Waals surface area contributed by atoms with E-state index in [2.05, 4.69) is 10.4 Å². The SMILES string of the molecule is C[C@@H](Nc1nn2cccc2cc1C(N)=O)C(C)(C)F. The number of halogens is 1. The molecule has 2 heterocycles. The van der Waals surface area contributed by atoms with E-state index in [-0.39, 0.29) is 11.4 Å². The summed E-state index contributed by atoms with van der Waals surface area (Å²) in [6.45, 7) is 4.61. The van der Waals surface area contributed by atoms with Crippen LogP contribution >= 0.6 is 0 Å². The monoisotopic (exact) mass is 264 g/mol. The Morgan fingerprint density at radius 2 is 2.26 bits per heavy atom. The summed E-state index contributed by atoms with van der Waals surface area (Å²) in [5, 5.41) is 7.15. The maximum atomic E-state index is 13.8. The number of anilines is 1. The third kappa shape index (κ3) is 2.67. The smallest absolute Gasteiger partial charge is 0.252 e. The van der Waals surface area contributed by atoms with Crippen LogP contribution in [0.15, 0.2) is 24.4 Å². The largest absolute Gasteiger partial charge is 0.365 e. The highest BCUT2D eigenvalue weighted by atomic mass is 19.1. The number of carbonyl (C=O) groups excluding carboxylic acids is 1. The Morgan fingerprint density at radius 3 is 2.84 bits per heavy atom. The van der Waals surface area contributed by atoms with E-state index in [1.807, 2.05) is 6.07 Å². The fourth-order valence-corrected chi connectivity index (χ4v) is 1.64. The fraction of sp³-hybridized carbons (Fsp3) is 0.385. The van der Waals surface area contributed by atoms with E-state index in [0.717, 1.165) is 5.52 Å². The second-order valence-electron chi connectivity index (χ2n) is 5.08. The Hall–Kier alpha value is -2.11. The summed E-state index contributed by atoms with van der Waals surface area (Å²) >= 11 is 0. The Morgan fingerprint density at radius 1 is 1.58 bits per heavy atom. The summed E-state index contributed by atoms with van der Waals surface area (Å²) in [6, 6.07) is 4.74. The van der Waals surface area contributed by atoms with Crippen molar-refractivity contribution < 1.29 is 9.18 Å². The topological polar surface area (TPSA) is 72.4 Å². The quantitative estimate of drug-likeness (QED) is 0.887. The zero-order valence-corrected chi connectivity index (χ0v) is 11.1. The summed E-state index contributed by atoms with van der Waals surface area (Å²) in [5.74, 6) is -0.308. The molecule has 2 aromatic rings. The first-order chi connectivity index (χ1) is 8.79. The van der Waals surface area contributed by atoms with Gasteiger partial charge in [0.1, 0.15) is 5.67 Å². The lowest BCUT2D eigenvalue weighted by Crippen LogP contribution is -2.36. The van der Waals surface area contributed by atoms with Crippen LogP contribution in [-0.2, 0) is 0 Å². The van der Waals surface area contributed by atoms with E-state index >= 15 is 0 Å². The average molecular weight is 264 g/mol. The molecule has 0 bridgehead atoms. The molecule has 2 aromatic heterocycles. The standard InChI is InChI=1S/C13H17FN4O/c1-8(13(2,3)14)16-12-10(11(15)19)7-9-5-4-6-18(9)17-12/h4-8H,1-3H3,(H2,15,19)(H,16,17)/t8-/m1/s1. The molecule has 0 aliphatic heterocycles. The Balaban J connectivity index is 2.45. The van der Waals surface area contributed by atoms with Gasteiger partial charge >= 0.3 is 0 Å². The molecule has 19 heavy (non-hydrogen) atoms. The van der Waals surface area contributed by atoms with E-state index in [9.17, 15) is 9.18 Å². The summed E-state index contributed by atoms with van der Waals surface area (Å²) < 4.78 is 15.4. The third-order valence-corrected chi connectivity index (χ3v) is 3.16. The van der Waals surface area contributed by atoms with Gasteiger partial charge in [0.25, 0.3) is 5.91 Å². The number of nitrogens with zero attached hydrogens (tertiary/aromatic N) is 2. The second kappa shape index (κ2) is 4.53. The van der Waals surface area contributed by atoms with Gasteiger partial charge in [-0.15, -0.1) is 5.10 Å². The highest BCUT2D eigenvalue weighted by Crippen LogP contribution is 2.21. The van der Waals surface area contributed by atoms with Crippen LogP contribution in [0.3, 0.4) is 0 Å². The van der Waals surface area contributed by atoms with Gasteiger partial charge in [-0.1, -0.05) is 0 Å². The van der Waals surface area contributed by atoms with E-state index in [1.54, 1.807) is 29.8 Å². The fourth-order valence-electron chi connectivity index (χ4n) is 1.64. The Labute approximate surface area is 110 Å². The van der Waals surface area contributed by atoms with Crippen molar-refractivity contribution in [1.29, 1.82) is 0 Å². The molecule has 0 spiro atoms. The minimum atomic E-state index is -1.44. The van der Waals surface area contributed by atoms with Crippen LogP contribution in [0.2, 0.25) is 0 Å². The van der Waals surface area contributed by atoms with Crippen LogP contribution in [0.1, 0.15) is 31.1 Å². The molecule has 0 saturated carbocycles. The van der Waals surface area contributed by atoms with Crippen LogP contribution in [0.25, 0.3) is 5.52 Å². The van der Waals surface area contributed by atoms with Gasteiger partial charge in [0, 0.05) is 6.20 Å². The highest BCUT2D eigenvalue weighted by molar-refractivity contribution is 5.98. The molecule has 1 atom stereocenters. The molecule has 0 radical (unpaired) electrons. The summed E-state index contributed by atoms with van der Waals surface area (Å²) in [6.07, 6.45) is 1.75. The third-order valence-electron chi connectivity index (χ3n) is 3.16. The highest BCUT2D eigenvalue weighted by Gasteiger charge is 2.26. The minimum absolute atomic E-state index is 0.252. The number of aromatic nitrogens is 2. The number of nitrogens with two attached hydrogens (primary N) is 1. The van der Waals surface area contributed by atoms with Crippen molar-refractivity contribution >= 4 is 17.2 Å². The number of fused-ring (bicyclic) bond motifs is 1. The molecule has 0 aromatic carbocycles. The molecule has 1 amide bonds. The summed E-state index contributed by atoms with van der Waals surface area (Å²) in [7, 11) is 0. The molecule has 102 valence electrons. The number of hydrogen-bond acceptors (Lipinski definition) is 3. The van der Waals surface area contributed by atoms with Crippen molar-refractivity contribution in [2.75, 3.05) is 5.32 Å². The van der Waals surface area contributed by atoms with E-state index in [1.165, 1.54) is 13.8 Å². The first kappa shape index (κ1) is 13.3. The maximum Gasteiger partial charge on any atom is 0.252 e. The van der Waals surface area contributed by atoms with Crippen molar-refractivity contribution in [2.24, 2.45) is 5.73 Å². The zero-order valence-electron chi connectivity index (χ0n) is 11.1. The molecule has 0 aliphatic carbocycles. The first-order valence-corrected chi connectivity index (χ1v) is 6.02. The molecule has 3 N–H and O–H groups in total. The lowest BCUT2D eigenvalue weighted by Gasteiger charge is -2.25. The van der Waals surface area contributed by atoms with Gasteiger partial charge in [0.05, 0.1) is 17.1 Å². The first-order valence-electron chi connectivity index (χ1n) is 6.02. The van der Waals surface area contributed by atoms with Gasteiger partial charge in [-0.05, 0) is 39.0 Å². The molecule has 0 fully saturated rings. The van der Waals surface area contributed by atoms with Crippen molar-refractivity contribution in [3.63, 3.8) is 0 Å². The molecular formula is C13H17FN4O. The van der Waals surface area contributed by atoms with Crippen LogP contribution < -0.4 is 11.1 Å². The Kier molecular flexibility index (Phi) is 3.18. The molecule has 0 unspecified atom stereocenters. The van der Waals surface area contributed by atoms with E-state index in [4.69, 9.17) is 5.73 Å². The van der Waals surface area contributed by atoms with Crippen molar-refractivity contribution in [3.8, 4) is 0 Å². The van der Waals surface area contributed by atoms with Crippen LogP contribution in [0.5, 0.6) is 0 Å². The van der Waals surface area contributed by atoms with Crippen molar-refractivity contribution in [1.82, 2.24) is 9.61 Å². The van der Waals surface area contributed by atoms with Crippen LogP contribution in [0, 0.1) is 0 Å². The van der Waals surface area contributed by atoms with E-state index < -0.39 is 17.6 Å². The minimum Gasteiger partial charge on any atom is -0.365 e. The molecule has 6 heteroatoms. The number of alkyl halides is 1. The number of primary amides is 1. The van der Waals surface area contributed by atoms with Gasteiger partial charge in [0.15, 0.2) is 5.82 Å². The maximum absolute atomic E-state index is 13.8. The van der Waals surface area contributed by atoms with Crippen LogP contribution in [0.4, 0.5) is 10.2 Å². The second-order valence-corrected chi connectivity index (χ2v) is 5.08. The lowest BCUT2D eigenvalue weighted by atomic mass is 10.0. The normalized spacial score (nSPS) is 13.5. The predicted octanol–water partition coefficient (Wildman–Crippen LogP) is 1.98. The number of nitrogens with one attached hydrogen (secondary N) is 1. The number of rotatable bonds is 4. The van der Waals surface area contributed by atoms with Gasteiger partial charge in [-0.3, -0.25) is 4.79 Å². The molecule has 0 aliphatic rings. The lowest BCUT2D eigenvalue weighted by molar-refractivity contribution is 0.1000. The molecule has 2 rings (SSSR count). The van der Waals surface area contributed by atoms with Crippen molar-refractivity contribution in [3.05, 3.63) is 30.0 Å². The molecule has 5 nitrogen and oxygen atoms in total. The average Bonchev–Trinajstić information content (AvgIpc) is 2.73. The molecule has 0 saturated heterocycles. The van der Waals surface area contributed by atoms with Gasteiger partial charge in [0.2, 0.25) is 0 Å². The van der Waals surface area contributed by atoms with Gasteiger partial charge < -0.3 is 11.1 Å². The summed E-state index contributed by atoms with van der Waals surface area (Å²) in [4.78, 5) is 11.5. The number of carbonyl (C=O) groups is 1. The van der Waals surface area contributed by atoms with Gasteiger partial charge in [-0.2, -0.15) is 0 Å². The Bertz CT molecular complexity index is 615. The van der Waals surface area contributed by atoms with E-state index in [0.29, 0.717) is 0 Å². The van der Waals surface area contributed by atoms with Crippen molar-refractivity contribution in [2.45, 2.75) is 32.5 Å². The van der Waals surface area contributed by atoms with Gasteiger partial charge in [-0.25, -0.2) is 8.91 Å².